The van der Waals surface area contributed by atoms with Crippen molar-refractivity contribution in [2.24, 2.45) is 0 Å². The number of hydrogen-bond donors (Lipinski definition) is 1. The normalized spacial score (nSPS) is 12.5. The summed E-state index contributed by atoms with van der Waals surface area (Å²) >= 11 is 2.68. The van der Waals surface area contributed by atoms with E-state index in [-0.39, 0.29) is 6.54 Å². The minimum absolute atomic E-state index is 0.253. The van der Waals surface area contributed by atoms with Crippen molar-refractivity contribution < 1.29 is 28.6 Å². The van der Waals surface area contributed by atoms with E-state index < -0.39 is 36.0 Å². The van der Waals surface area contributed by atoms with Gasteiger partial charge in [-0.1, -0.05) is 60.7 Å². The van der Waals surface area contributed by atoms with Crippen LogP contribution in [0.5, 0.6) is 0 Å². The van der Waals surface area contributed by atoms with Crippen LogP contribution in [-0.2, 0) is 27.1 Å². The quantitative estimate of drug-likeness (QED) is 0.138. The minimum atomic E-state index is -0.656. The minimum Gasteiger partial charge on any atom is -0.452 e. The van der Waals surface area contributed by atoms with Gasteiger partial charge < -0.3 is 19.5 Å². The third-order valence-electron chi connectivity index (χ3n) is 7.45. The molecule has 4 rings (SSSR count). The second kappa shape index (κ2) is 18.3. The summed E-state index contributed by atoms with van der Waals surface area (Å²) in [5.41, 5.74) is 4.74. The number of ether oxygens (including phenoxy) is 3. The third-order valence-corrected chi connectivity index (χ3v) is 8.99. The van der Waals surface area contributed by atoms with Gasteiger partial charge in [0.1, 0.15) is 15.6 Å². The van der Waals surface area contributed by atoms with Crippen LogP contribution in [0.4, 0.5) is 24.4 Å². The van der Waals surface area contributed by atoms with Gasteiger partial charge in [-0.3, -0.25) is 24.7 Å². The van der Waals surface area contributed by atoms with Crippen molar-refractivity contribution in [3.8, 4) is 0 Å². The molecule has 0 bridgehead atoms. The van der Waals surface area contributed by atoms with Gasteiger partial charge in [0, 0.05) is 26.2 Å². The summed E-state index contributed by atoms with van der Waals surface area (Å²) < 4.78 is 16.1. The Hall–Kier alpha value is -4.53. The summed E-state index contributed by atoms with van der Waals surface area (Å²) in [7, 11) is 2.72. The molecule has 3 amide bonds. The van der Waals surface area contributed by atoms with Gasteiger partial charge in [-0.2, -0.15) is 0 Å². The van der Waals surface area contributed by atoms with Gasteiger partial charge in [-0.15, -0.1) is 22.7 Å². The van der Waals surface area contributed by atoms with Crippen LogP contribution >= 0.6 is 22.7 Å². The number of anilines is 2. The van der Waals surface area contributed by atoms with E-state index in [9.17, 15) is 14.4 Å². The Bertz CT molecular complexity index is 1470. The predicted octanol–water partition coefficient (Wildman–Crippen LogP) is 6.49. The molecule has 0 spiro atoms. The number of carbonyl (C=O) groups is 3. The zero-order valence-electron chi connectivity index (χ0n) is 28.5. The van der Waals surface area contributed by atoms with E-state index >= 15 is 0 Å². The number of nitrogens with one attached hydrogen (secondary N) is 1. The second-order valence-corrected chi connectivity index (χ2v) is 14.0. The number of hydrogen-bond acceptors (Lipinski definition) is 11. The van der Waals surface area contributed by atoms with Crippen LogP contribution in [-0.4, -0.2) is 91.2 Å². The van der Waals surface area contributed by atoms with Gasteiger partial charge in [0.15, 0.2) is 0 Å². The van der Waals surface area contributed by atoms with Crippen molar-refractivity contribution in [2.75, 3.05) is 50.2 Å². The van der Waals surface area contributed by atoms with Crippen LogP contribution in [0.1, 0.15) is 31.9 Å². The van der Waals surface area contributed by atoms with Crippen LogP contribution in [0.3, 0.4) is 0 Å². The lowest BCUT2D eigenvalue weighted by Crippen LogP contribution is -2.54. The molecule has 2 heterocycles. The van der Waals surface area contributed by atoms with Gasteiger partial charge in [0.05, 0.1) is 49.7 Å². The summed E-state index contributed by atoms with van der Waals surface area (Å²) in [5.74, 6) is 0. The molecule has 49 heavy (non-hydrogen) atoms. The standard InChI is InChI=1S/C35H44N6O6S2/c1-35(2,3)47-32(42)38-16-17-39(22-28(18-26-12-8-6-9-13-26)40(33(43)45-4)30-20-36-24-48-30)23-29(19-27-14-10-7-11-15-27)41(34(44)46-5)31-21-37-25-49-31/h6-15,20-21,24-25,28-29H,16-19,22-23H2,1-5H3,(H,38,42)/t28-,29-/m0/s1. The Balaban J connectivity index is 1.73. The molecule has 0 aliphatic heterocycles. The largest absolute Gasteiger partial charge is 0.452 e. The molecule has 0 aliphatic carbocycles. The second-order valence-electron chi connectivity index (χ2n) is 12.2. The zero-order valence-corrected chi connectivity index (χ0v) is 30.1. The maximum atomic E-state index is 13.4. The fourth-order valence-electron chi connectivity index (χ4n) is 5.42. The van der Waals surface area contributed by atoms with Crippen LogP contribution in [0.15, 0.2) is 84.1 Å². The molecule has 262 valence electrons. The van der Waals surface area contributed by atoms with Gasteiger partial charge in [0.25, 0.3) is 0 Å². The Morgan fingerprint density at radius 2 is 1.20 bits per heavy atom. The molecule has 2 atom stereocenters. The van der Waals surface area contributed by atoms with Crippen LogP contribution < -0.4 is 15.1 Å². The third kappa shape index (κ3) is 11.5. The molecular weight excluding hydrogens is 665 g/mol. The van der Waals surface area contributed by atoms with Gasteiger partial charge >= 0.3 is 18.3 Å². The van der Waals surface area contributed by atoms with E-state index in [1.165, 1.54) is 36.9 Å². The number of nitrogens with zero attached hydrogens (tertiary/aromatic N) is 5. The number of amides is 3. The molecule has 14 heteroatoms. The van der Waals surface area contributed by atoms with Crippen molar-refractivity contribution in [1.82, 2.24) is 20.2 Å². The SMILES string of the molecule is COC(=O)N(c1cncs1)[C@@H](Cc1ccccc1)CN(CCNC(=O)OC(C)(C)C)C[C@H](Cc1ccccc1)N(C(=O)OC)c1cncs1. The Labute approximate surface area is 295 Å². The van der Waals surface area contributed by atoms with E-state index in [0.29, 0.717) is 42.5 Å². The first-order chi connectivity index (χ1) is 23.6. The highest BCUT2D eigenvalue weighted by molar-refractivity contribution is 7.14. The van der Waals surface area contributed by atoms with Gasteiger partial charge in [0.2, 0.25) is 0 Å². The molecule has 0 saturated heterocycles. The molecule has 0 unspecified atom stereocenters. The van der Waals surface area contributed by atoms with E-state index in [1.54, 1.807) is 33.2 Å². The number of carbonyl (C=O) groups excluding carboxylic acids is 3. The fourth-order valence-corrected chi connectivity index (χ4v) is 6.80. The summed E-state index contributed by atoms with van der Waals surface area (Å²) in [6, 6.07) is 19.0. The van der Waals surface area contributed by atoms with E-state index in [2.05, 4.69) is 20.2 Å². The Morgan fingerprint density at radius 1 is 0.755 bits per heavy atom. The lowest BCUT2D eigenvalue weighted by atomic mass is 10.0. The molecule has 4 aromatic rings. The summed E-state index contributed by atoms with van der Waals surface area (Å²) in [5, 5.41) is 4.15. The maximum Gasteiger partial charge on any atom is 0.415 e. The summed E-state index contributed by atoms with van der Waals surface area (Å²) in [6.07, 6.45) is 2.74. The summed E-state index contributed by atoms with van der Waals surface area (Å²) in [6.45, 7) is 6.78. The molecule has 1 N–H and O–H groups in total. The first-order valence-corrected chi connectivity index (χ1v) is 17.6. The number of thiazole rings is 2. The molecule has 0 aliphatic rings. The summed E-state index contributed by atoms with van der Waals surface area (Å²) in [4.78, 5) is 53.4. The maximum absolute atomic E-state index is 13.4. The van der Waals surface area contributed by atoms with E-state index in [4.69, 9.17) is 14.2 Å². The monoisotopic (exact) mass is 708 g/mol. The fraction of sp³-hybridized carbons (Fsp3) is 0.400. The molecule has 0 radical (unpaired) electrons. The Kier molecular flexibility index (Phi) is 13.9. The molecular formula is C35H44N6O6S2. The van der Waals surface area contributed by atoms with Crippen molar-refractivity contribution in [3.05, 3.63) is 95.2 Å². The lowest BCUT2D eigenvalue weighted by molar-refractivity contribution is 0.0521. The number of alkyl carbamates (subject to hydrolysis) is 1. The number of rotatable bonds is 15. The van der Waals surface area contributed by atoms with Gasteiger partial charge in [-0.25, -0.2) is 14.4 Å². The van der Waals surface area contributed by atoms with Crippen molar-refractivity contribution in [2.45, 2.75) is 51.3 Å². The number of benzene rings is 2. The zero-order chi connectivity index (χ0) is 35.2. The Morgan fingerprint density at radius 3 is 1.57 bits per heavy atom. The molecule has 12 nitrogen and oxygen atoms in total. The molecule has 2 aromatic carbocycles. The van der Waals surface area contributed by atoms with Crippen molar-refractivity contribution in [1.29, 1.82) is 0 Å². The average Bonchev–Trinajstić information content (AvgIpc) is 3.80. The van der Waals surface area contributed by atoms with Crippen molar-refractivity contribution in [3.63, 3.8) is 0 Å². The topological polar surface area (TPSA) is 126 Å². The number of aromatic nitrogens is 2. The number of methoxy groups -OCH3 is 2. The highest BCUT2D eigenvalue weighted by atomic mass is 32.1. The van der Waals surface area contributed by atoms with Gasteiger partial charge in [-0.05, 0) is 44.7 Å². The highest BCUT2D eigenvalue weighted by Gasteiger charge is 2.33. The first-order valence-electron chi connectivity index (χ1n) is 15.9. The first kappa shape index (κ1) is 37.3. The molecule has 0 fully saturated rings. The average molecular weight is 709 g/mol. The van der Waals surface area contributed by atoms with Crippen LogP contribution in [0, 0.1) is 0 Å². The smallest absolute Gasteiger partial charge is 0.415 e. The predicted molar refractivity (Wildman–Crippen MR) is 193 cm³/mol. The highest BCUT2D eigenvalue weighted by Crippen LogP contribution is 2.28. The van der Waals surface area contributed by atoms with Crippen LogP contribution in [0.25, 0.3) is 0 Å². The van der Waals surface area contributed by atoms with Crippen molar-refractivity contribution >= 4 is 51.0 Å². The van der Waals surface area contributed by atoms with Crippen LogP contribution in [0.2, 0.25) is 0 Å². The van der Waals surface area contributed by atoms with E-state index in [0.717, 1.165) is 11.1 Å². The lowest BCUT2D eigenvalue weighted by Gasteiger charge is -2.38. The molecule has 0 saturated carbocycles. The van der Waals surface area contributed by atoms with E-state index in [1.807, 2.05) is 81.4 Å². The molecule has 2 aromatic heterocycles.